The number of rotatable bonds is 4. The first-order valence-electron chi connectivity index (χ1n) is 9.57. The molecule has 0 atom stereocenters. The van der Waals surface area contributed by atoms with Crippen LogP contribution >= 0.6 is 11.3 Å². The smallest absolute Gasteiger partial charge is 0.262 e. The highest BCUT2D eigenvalue weighted by Crippen LogP contribution is 2.33. The average Bonchev–Trinajstić information content (AvgIpc) is 3.09. The van der Waals surface area contributed by atoms with Crippen LogP contribution in [0.1, 0.15) is 26.3 Å². The predicted molar refractivity (Wildman–Crippen MR) is 118 cm³/mol. The summed E-state index contributed by atoms with van der Waals surface area (Å²) in [6.07, 6.45) is 0. The summed E-state index contributed by atoms with van der Waals surface area (Å²) in [5, 5.41) is 19.2. The fourth-order valence-electron chi connectivity index (χ4n) is 3.06. The van der Waals surface area contributed by atoms with E-state index in [2.05, 4.69) is 5.32 Å². The van der Waals surface area contributed by atoms with Crippen molar-refractivity contribution >= 4 is 28.6 Å². The van der Waals surface area contributed by atoms with E-state index < -0.39 is 0 Å². The minimum absolute atomic E-state index is 0.0261. The van der Waals surface area contributed by atoms with Crippen molar-refractivity contribution in [3.63, 3.8) is 0 Å². The standard InChI is InChI=1S/C22H22N4O3S/c1-13(2)23-22-26(25-14(3)15-4-7-17(27)8-5-15)19(12-30-22)16-6-9-20-18(10-16)24-21(28)11-29-20/h4-10,12-13,27H,11H2,1-3H3,(H,24,28). The van der Waals surface area contributed by atoms with Gasteiger partial charge in [-0.1, -0.05) is 0 Å². The fraction of sp³-hybridized carbons (Fsp3) is 0.227. The Labute approximate surface area is 178 Å². The molecule has 4 rings (SSSR count). The van der Waals surface area contributed by atoms with Crippen LogP contribution in [0.3, 0.4) is 0 Å². The quantitative estimate of drug-likeness (QED) is 0.626. The number of carbonyl (C=O) groups excluding carboxylic acids is 1. The number of thiazole rings is 1. The van der Waals surface area contributed by atoms with Crippen molar-refractivity contribution in [3.8, 4) is 22.8 Å². The van der Waals surface area contributed by atoms with Gasteiger partial charge in [0.1, 0.15) is 11.5 Å². The first-order chi connectivity index (χ1) is 14.4. The highest BCUT2D eigenvalue weighted by molar-refractivity contribution is 7.07. The lowest BCUT2D eigenvalue weighted by Crippen LogP contribution is -2.25. The molecule has 0 unspecified atom stereocenters. The topological polar surface area (TPSA) is 88.2 Å². The van der Waals surface area contributed by atoms with Crippen LogP contribution in [-0.4, -0.2) is 34.1 Å². The lowest BCUT2D eigenvalue weighted by molar-refractivity contribution is -0.118. The van der Waals surface area contributed by atoms with Gasteiger partial charge in [-0.3, -0.25) is 9.79 Å². The molecule has 0 fully saturated rings. The van der Waals surface area contributed by atoms with Crippen molar-refractivity contribution in [1.82, 2.24) is 4.68 Å². The molecule has 30 heavy (non-hydrogen) atoms. The number of ether oxygens (including phenoxy) is 1. The van der Waals surface area contributed by atoms with Crippen LogP contribution in [0.4, 0.5) is 5.69 Å². The molecule has 1 aliphatic heterocycles. The fourth-order valence-corrected chi connectivity index (χ4v) is 4.02. The van der Waals surface area contributed by atoms with E-state index in [1.165, 1.54) is 11.3 Å². The molecule has 2 heterocycles. The minimum Gasteiger partial charge on any atom is -0.508 e. The van der Waals surface area contributed by atoms with Gasteiger partial charge in [0.05, 0.1) is 17.1 Å². The Bertz CT molecular complexity index is 1190. The number of fused-ring (bicyclic) bond motifs is 1. The van der Waals surface area contributed by atoms with Crippen molar-refractivity contribution in [1.29, 1.82) is 0 Å². The van der Waals surface area contributed by atoms with Crippen LogP contribution < -0.4 is 14.9 Å². The van der Waals surface area contributed by atoms with Crippen molar-refractivity contribution in [3.05, 3.63) is 58.2 Å². The molecule has 1 amide bonds. The Morgan fingerprint density at radius 2 is 2.00 bits per heavy atom. The molecule has 0 saturated heterocycles. The number of amides is 1. The normalized spacial score (nSPS) is 14.5. The van der Waals surface area contributed by atoms with E-state index in [-0.39, 0.29) is 24.3 Å². The zero-order valence-corrected chi connectivity index (χ0v) is 17.7. The summed E-state index contributed by atoms with van der Waals surface area (Å²) < 4.78 is 7.28. The molecular weight excluding hydrogens is 400 g/mol. The SMILES string of the molecule is CC(=Nn1c(-c2ccc3c(c2)NC(=O)CO3)csc1=NC(C)C)c1ccc(O)cc1. The first kappa shape index (κ1) is 19.9. The van der Waals surface area contributed by atoms with Gasteiger partial charge in [-0.25, -0.2) is 4.68 Å². The largest absolute Gasteiger partial charge is 0.508 e. The van der Waals surface area contributed by atoms with E-state index in [1.54, 1.807) is 12.1 Å². The number of nitrogens with zero attached hydrogens (tertiary/aromatic N) is 3. The summed E-state index contributed by atoms with van der Waals surface area (Å²) in [5.41, 5.74) is 4.08. The third kappa shape index (κ3) is 4.13. The highest BCUT2D eigenvalue weighted by atomic mass is 32.1. The highest BCUT2D eigenvalue weighted by Gasteiger charge is 2.18. The van der Waals surface area contributed by atoms with Crippen LogP contribution in [0.2, 0.25) is 0 Å². The Hall–Kier alpha value is -3.39. The van der Waals surface area contributed by atoms with Crippen LogP contribution in [0.5, 0.6) is 11.5 Å². The minimum atomic E-state index is -0.172. The van der Waals surface area contributed by atoms with Crippen molar-refractivity contribution in [2.45, 2.75) is 26.8 Å². The lowest BCUT2D eigenvalue weighted by atomic mass is 10.1. The second-order valence-corrected chi connectivity index (χ2v) is 8.05. The monoisotopic (exact) mass is 422 g/mol. The van der Waals surface area contributed by atoms with Gasteiger partial charge < -0.3 is 15.2 Å². The number of benzene rings is 2. The molecule has 7 nitrogen and oxygen atoms in total. The molecule has 8 heteroatoms. The van der Waals surface area contributed by atoms with Crippen LogP contribution in [-0.2, 0) is 4.79 Å². The maximum Gasteiger partial charge on any atom is 0.262 e. The summed E-state index contributed by atoms with van der Waals surface area (Å²) in [6.45, 7) is 5.98. The lowest BCUT2D eigenvalue weighted by Gasteiger charge is -2.18. The summed E-state index contributed by atoms with van der Waals surface area (Å²) in [7, 11) is 0. The zero-order chi connectivity index (χ0) is 21.3. The number of aromatic hydroxyl groups is 1. The van der Waals surface area contributed by atoms with E-state index in [9.17, 15) is 9.90 Å². The van der Waals surface area contributed by atoms with Crippen molar-refractivity contribution in [2.75, 3.05) is 11.9 Å². The van der Waals surface area contributed by atoms with Crippen LogP contribution in [0.15, 0.2) is 57.9 Å². The van der Waals surface area contributed by atoms with Gasteiger partial charge in [-0.05, 0) is 68.8 Å². The summed E-state index contributed by atoms with van der Waals surface area (Å²) in [5.74, 6) is 0.690. The molecule has 2 aromatic carbocycles. The number of hydrogen-bond acceptors (Lipinski definition) is 6. The van der Waals surface area contributed by atoms with Gasteiger partial charge >= 0.3 is 0 Å². The number of hydrogen-bond donors (Lipinski definition) is 2. The van der Waals surface area contributed by atoms with Gasteiger partial charge in [0.2, 0.25) is 4.80 Å². The summed E-state index contributed by atoms with van der Waals surface area (Å²) in [6, 6.07) is 12.7. The molecule has 3 aromatic rings. The second-order valence-electron chi connectivity index (χ2n) is 7.22. The van der Waals surface area contributed by atoms with Gasteiger partial charge in [-0.15, -0.1) is 11.3 Å². The second kappa shape index (κ2) is 8.16. The number of phenolic OH excluding ortho intramolecular Hbond substituents is 1. The molecule has 0 radical (unpaired) electrons. The van der Waals surface area contributed by atoms with E-state index >= 15 is 0 Å². The van der Waals surface area contributed by atoms with Gasteiger partial charge in [-0.2, -0.15) is 5.10 Å². The Kier molecular flexibility index (Phi) is 5.41. The number of anilines is 1. The predicted octanol–water partition coefficient (Wildman–Crippen LogP) is 3.83. The maximum atomic E-state index is 11.7. The van der Waals surface area contributed by atoms with Crippen molar-refractivity contribution < 1.29 is 14.6 Å². The van der Waals surface area contributed by atoms with E-state index in [4.69, 9.17) is 14.8 Å². The Morgan fingerprint density at radius 1 is 1.23 bits per heavy atom. The number of carbonyl (C=O) groups is 1. The van der Waals surface area contributed by atoms with Gasteiger partial charge in [0.15, 0.2) is 6.61 Å². The molecule has 0 saturated carbocycles. The Balaban J connectivity index is 1.83. The van der Waals surface area contributed by atoms with Crippen LogP contribution in [0.25, 0.3) is 11.3 Å². The summed E-state index contributed by atoms with van der Waals surface area (Å²) >= 11 is 1.51. The average molecular weight is 423 g/mol. The molecule has 154 valence electrons. The number of aromatic nitrogens is 1. The van der Waals surface area contributed by atoms with Crippen LogP contribution in [0, 0.1) is 0 Å². The first-order valence-corrected chi connectivity index (χ1v) is 10.4. The number of nitrogens with one attached hydrogen (secondary N) is 1. The Morgan fingerprint density at radius 3 is 2.73 bits per heavy atom. The van der Waals surface area contributed by atoms with Gasteiger partial charge in [0, 0.05) is 17.0 Å². The third-order valence-electron chi connectivity index (χ3n) is 4.50. The van der Waals surface area contributed by atoms with Crippen molar-refractivity contribution in [2.24, 2.45) is 10.1 Å². The third-order valence-corrected chi connectivity index (χ3v) is 5.33. The number of phenols is 1. The molecule has 2 N–H and O–H groups in total. The van der Waals surface area contributed by atoms with Gasteiger partial charge in [0.25, 0.3) is 5.91 Å². The molecule has 1 aromatic heterocycles. The molecule has 0 spiro atoms. The summed E-state index contributed by atoms with van der Waals surface area (Å²) in [4.78, 5) is 17.2. The molecule has 1 aliphatic rings. The zero-order valence-electron chi connectivity index (χ0n) is 16.9. The van der Waals surface area contributed by atoms with E-state index in [1.807, 2.05) is 61.2 Å². The van der Waals surface area contributed by atoms with E-state index in [0.29, 0.717) is 11.4 Å². The molecule has 0 aliphatic carbocycles. The molecule has 0 bridgehead atoms. The van der Waals surface area contributed by atoms with E-state index in [0.717, 1.165) is 27.3 Å². The molecular formula is C22H22N4O3S. The maximum absolute atomic E-state index is 11.7.